The van der Waals surface area contributed by atoms with E-state index < -0.39 is 0 Å². The summed E-state index contributed by atoms with van der Waals surface area (Å²) in [7, 11) is 0. The zero-order valence-corrected chi connectivity index (χ0v) is 17.0. The van der Waals surface area contributed by atoms with Crippen molar-refractivity contribution in [3.63, 3.8) is 0 Å². The lowest BCUT2D eigenvalue weighted by atomic mass is 9.85. The third-order valence-electron chi connectivity index (χ3n) is 4.94. The van der Waals surface area contributed by atoms with Crippen molar-refractivity contribution in [1.82, 2.24) is 14.8 Å². The van der Waals surface area contributed by atoms with Crippen LogP contribution in [0.3, 0.4) is 0 Å². The summed E-state index contributed by atoms with van der Waals surface area (Å²) >= 11 is 7.63. The maximum absolute atomic E-state index is 13.3. The zero-order valence-electron chi connectivity index (χ0n) is 15.5. The Morgan fingerprint density at radius 3 is 2.57 bits per heavy atom. The summed E-state index contributed by atoms with van der Waals surface area (Å²) in [4.78, 5) is 18.7. The minimum atomic E-state index is -0.370. The first-order valence-corrected chi connectivity index (χ1v) is 10.5. The molecule has 0 saturated heterocycles. The molecule has 2 heterocycles. The lowest BCUT2D eigenvalue weighted by Gasteiger charge is -2.36. The smallest absolute Gasteiger partial charge is 0.232 e. The van der Waals surface area contributed by atoms with Gasteiger partial charge in [-0.25, -0.2) is 4.68 Å². The average Bonchev–Trinajstić information content (AvgIpc) is 3.16. The number of nitrogens with one attached hydrogen (secondary N) is 2. The standard InChI is InChI=1S/C20H20ClN5OS/c1-12-17(19(27)25-15-7-5-14(21)6-8-15)18(26-20(24-12)22-11-23-26)13-3-9-16(28-2)10-4-13/h3-12,17-18H,1-2H3,(H,25,27)(H,22,23,24)/t12-,17-,18+/m1/s1. The molecule has 0 spiro atoms. The number of nitrogens with zero attached hydrogens (tertiary/aromatic N) is 3. The molecule has 0 unspecified atom stereocenters. The van der Waals surface area contributed by atoms with Crippen molar-refractivity contribution in [2.45, 2.75) is 23.9 Å². The topological polar surface area (TPSA) is 71.8 Å². The van der Waals surface area contributed by atoms with Crippen LogP contribution in [0.25, 0.3) is 0 Å². The van der Waals surface area contributed by atoms with Crippen LogP contribution >= 0.6 is 23.4 Å². The van der Waals surface area contributed by atoms with Crippen LogP contribution in [-0.2, 0) is 4.79 Å². The third kappa shape index (κ3) is 3.59. The monoisotopic (exact) mass is 413 g/mol. The highest BCUT2D eigenvalue weighted by Gasteiger charge is 2.41. The number of carbonyl (C=O) groups is 1. The molecule has 0 radical (unpaired) electrons. The van der Waals surface area contributed by atoms with E-state index in [2.05, 4.69) is 45.0 Å². The summed E-state index contributed by atoms with van der Waals surface area (Å²) < 4.78 is 1.79. The van der Waals surface area contributed by atoms with Gasteiger partial charge in [0, 0.05) is 21.6 Å². The Morgan fingerprint density at radius 1 is 1.18 bits per heavy atom. The maximum Gasteiger partial charge on any atom is 0.232 e. The molecule has 1 aliphatic rings. The van der Waals surface area contributed by atoms with Gasteiger partial charge >= 0.3 is 0 Å². The van der Waals surface area contributed by atoms with Gasteiger partial charge in [-0.15, -0.1) is 11.8 Å². The fourth-order valence-electron chi connectivity index (χ4n) is 3.55. The third-order valence-corrected chi connectivity index (χ3v) is 5.94. The van der Waals surface area contributed by atoms with Crippen molar-refractivity contribution in [1.29, 1.82) is 0 Å². The van der Waals surface area contributed by atoms with Crippen molar-refractivity contribution in [3.05, 3.63) is 65.4 Å². The molecule has 2 aromatic carbocycles. The molecule has 1 aromatic heterocycles. The lowest BCUT2D eigenvalue weighted by molar-refractivity contribution is -0.121. The van der Waals surface area contributed by atoms with Gasteiger partial charge in [0.25, 0.3) is 0 Å². The molecule has 3 atom stereocenters. The van der Waals surface area contributed by atoms with Gasteiger partial charge in [0.1, 0.15) is 6.33 Å². The SMILES string of the molecule is CSc1ccc([C@H]2[C@H](C(=O)Nc3ccc(Cl)cc3)[C@@H](C)Nc3ncnn32)cc1. The largest absolute Gasteiger partial charge is 0.351 e. The minimum Gasteiger partial charge on any atom is -0.351 e. The molecule has 1 amide bonds. The van der Waals surface area contributed by atoms with Crippen molar-refractivity contribution in [2.75, 3.05) is 16.9 Å². The molecule has 28 heavy (non-hydrogen) atoms. The van der Waals surface area contributed by atoms with Gasteiger partial charge in [0.05, 0.1) is 12.0 Å². The van der Waals surface area contributed by atoms with E-state index in [9.17, 15) is 4.79 Å². The van der Waals surface area contributed by atoms with E-state index in [1.807, 2.05) is 13.2 Å². The van der Waals surface area contributed by atoms with Crippen molar-refractivity contribution in [2.24, 2.45) is 5.92 Å². The van der Waals surface area contributed by atoms with Gasteiger partial charge in [0.2, 0.25) is 11.9 Å². The number of anilines is 2. The van der Waals surface area contributed by atoms with E-state index in [1.165, 1.54) is 11.2 Å². The second-order valence-electron chi connectivity index (χ2n) is 6.70. The van der Waals surface area contributed by atoms with E-state index in [0.717, 1.165) is 5.56 Å². The number of carbonyl (C=O) groups excluding carboxylic acids is 1. The number of fused-ring (bicyclic) bond motifs is 1. The van der Waals surface area contributed by atoms with E-state index in [4.69, 9.17) is 11.6 Å². The molecule has 0 fully saturated rings. The Morgan fingerprint density at radius 2 is 1.89 bits per heavy atom. The van der Waals surface area contributed by atoms with Crippen LogP contribution in [0.1, 0.15) is 18.5 Å². The number of aromatic nitrogens is 3. The van der Waals surface area contributed by atoms with Crippen LogP contribution in [-0.4, -0.2) is 33.0 Å². The van der Waals surface area contributed by atoms with Crippen LogP contribution in [0.15, 0.2) is 59.8 Å². The van der Waals surface area contributed by atoms with Crippen molar-refractivity contribution < 1.29 is 4.79 Å². The molecule has 6 nitrogen and oxygen atoms in total. The van der Waals surface area contributed by atoms with Crippen LogP contribution in [0.4, 0.5) is 11.6 Å². The molecule has 1 aliphatic heterocycles. The van der Waals surface area contributed by atoms with Gasteiger partial charge in [-0.2, -0.15) is 10.1 Å². The molecule has 144 valence electrons. The molecule has 0 bridgehead atoms. The molecular weight excluding hydrogens is 394 g/mol. The van der Waals surface area contributed by atoms with Crippen LogP contribution < -0.4 is 10.6 Å². The first-order valence-electron chi connectivity index (χ1n) is 8.93. The second kappa shape index (κ2) is 7.85. The fourth-order valence-corrected chi connectivity index (χ4v) is 4.09. The molecular formula is C20H20ClN5OS. The predicted octanol–water partition coefficient (Wildman–Crippen LogP) is 4.31. The predicted molar refractivity (Wildman–Crippen MR) is 113 cm³/mol. The fraction of sp³-hybridized carbons (Fsp3) is 0.250. The zero-order chi connectivity index (χ0) is 19.7. The Kier molecular flexibility index (Phi) is 5.28. The highest BCUT2D eigenvalue weighted by molar-refractivity contribution is 7.98. The van der Waals surface area contributed by atoms with E-state index in [1.54, 1.807) is 40.7 Å². The van der Waals surface area contributed by atoms with Gasteiger partial charge in [-0.1, -0.05) is 23.7 Å². The quantitative estimate of drug-likeness (QED) is 0.623. The Bertz CT molecular complexity index is 973. The van der Waals surface area contributed by atoms with Gasteiger partial charge in [-0.05, 0) is 55.1 Å². The Labute approximate surface area is 172 Å². The summed E-state index contributed by atoms with van der Waals surface area (Å²) in [5.74, 6) is 0.217. The Hall–Kier alpha value is -2.51. The normalized spacial score (nSPS) is 20.9. The van der Waals surface area contributed by atoms with Gasteiger partial charge in [0.15, 0.2) is 0 Å². The summed E-state index contributed by atoms with van der Waals surface area (Å²) in [5, 5.41) is 11.3. The molecule has 0 aliphatic carbocycles. The highest BCUT2D eigenvalue weighted by atomic mass is 35.5. The van der Waals surface area contributed by atoms with E-state index in [-0.39, 0.29) is 23.9 Å². The summed E-state index contributed by atoms with van der Waals surface area (Å²) in [6, 6.07) is 15.0. The summed E-state index contributed by atoms with van der Waals surface area (Å²) in [6.45, 7) is 1.99. The molecule has 2 N–H and O–H groups in total. The number of thioether (sulfide) groups is 1. The number of hydrogen-bond donors (Lipinski definition) is 2. The maximum atomic E-state index is 13.3. The molecule has 3 aromatic rings. The second-order valence-corrected chi connectivity index (χ2v) is 8.02. The number of halogens is 1. The molecule has 8 heteroatoms. The van der Waals surface area contributed by atoms with Crippen LogP contribution in [0.5, 0.6) is 0 Å². The molecule has 4 rings (SSSR count). The minimum absolute atomic E-state index is 0.0811. The Balaban J connectivity index is 1.70. The first kappa shape index (κ1) is 18.8. The number of rotatable bonds is 4. The van der Waals surface area contributed by atoms with Crippen molar-refractivity contribution >= 4 is 40.9 Å². The average molecular weight is 414 g/mol. The molecule has 0 saturated carbocycles. The first-order chi connectivity index (χ1) is 13.6. The van der Waals surface area contributed by atoms with Gasteiger partial charge in [-0.3, -0.25) is 4.79 Å². The summed E-state index contributed by atoms with van der Waals surface area (Å²) in [5.41, 5.74) is 1.73. The summed E-state index contributed by atoms with van der Waals surface area (Å²) in [6.07, 6.45) is 3.55. The van der Waals surface area contributed by atoms with Gasteiger partial charge < -0.3 is 10.6 Å². The van der Waals surface area contributed by atoms with E-state index >= 15 is 0 Å². The van der Waals surface area contributed by atoms with Crippen LogP contribution in [0, 0.1) is 5.92 Å². The number of hydrogen-bond acceptors (Lipinski definition) is 5. The number of benzene rings is 2. The van der Waals surface area contributed by atoms with Crippen LogP contribution in [0.2, 0.25) is 5.02 Å². The number of amides is 1. The lowest BCUT2D eigenvalue weighted by Crippen LogP contribution is -2.46. The van der Waals surface area contributed by atoms with E-state index in [0.29, 0.717) is 16.7 Å². The highest BCUT2D eigenvalue weighted by Crippen LogP contribution is 2.37. The van der Waals surface area contributed by atoms with Crippen molar-refractivity contribution in [3.8, 4) is 0 Å².